The van der Waals surface area contributed by atoms with Gasteiger partial charge < -0.3 is 19.9 Å². The molecule has 0 radical (unpaired) electrons. The van der Waals surface area contributed by atoms with Gasteiger partial charge in [0.05, 0.1) is 31.7 Å². The van der Waals surface area contributed by atoms with Crippen LogP contribution >= 0.6 is 0 Å². The Morgan fingerprint density at radius 2 is 1.88 bits per heavy atom. The van der Waals surface area contributed by atoms with E-state index in [1.165, 1.54) is 17.9 Å². The van der Waals surface area contributed by atoms with Gasteiger partial charge in [-0.15, -0.1) is 0 Å². The summed E-state index contributed by atoms with van der Waals surface area (Å²) in [6, 6.07) is 8.96. The number of carbonyl (C=O) groups excluding carboxylic acids is 1. The maximum Gasteiger partial charge on any atom is 0.416 e. The van der Waals surface area contributed by atoms with Crippen LogP contribution in [0.25, 0.3) is 10.9 Å². The Kier molecular flexibility index (Phi) is 8.38. The number of anilines is 1. The number of nitrogens with one attached hydrogen (secondary N) is 1. The van der Waals surface area contributed by atoms with E-state index in [1.807, 2.05) is 30.0 Å². The normalized spacial score (nSPS) is 18.3. The lowest BCUT2D eigenvalue weighted by atomic mass is 9.97. The van der Waals surface area contributed by atoms with Crippen molar-refractivity contribution in [3.8, 4) is 5.75 Å². The Morgan fingerprint density at radius 1 is 1.12 bits per heavy atom. The highest BCUT2D eigenvalue weighted by Crippen LogP contribution is 2.38. The Labute approximate surface area is 241 Å². The molecule has 1 unspecified atom stereocenters. The van der Waals surface area contributed by atoms with Crippen LogP contribution in [0.1, 0.15) is 52.4 Å². The molecule has 12 heteroatoms. The smallest absolute Gasteiger partial charge is 0.416 e. The van der Waals surface area contributed by atoms with Crippen LogP contribution in [0.5, 0.6) is 5.75 Å². The summed E-state index contributed by atoms with van der Waals surface area (Å²) >= 11 is 0. The molecule has 0 spiro atoms. The quantitative estimate of drug-likeness (QED) is 0.310. The first-order valence-corrected chi connectivity index (χ1v) is 13.9. The summed E-state index contributed by atoms with van der Waals surface area (Å²) in [5.41, 5.74) is 4.02. The number of fused-ring (bicyclic) bond motifs is 1. The first-order valence-electron chi connectivity index (χ1n) is 13.9. The van der Waals surface area contributed by atoms with Gasteiger partial charge in [-0.2, -0.15) is 13.2 Å². The monoisotopic (exact) mass is 588 g/mol. The van der Waals surface area contributed by atoms with Crippen molar-refractivity contribution in [2.24, 2.45) is 0 Å². The lowest BCUT2D eigenvalue weighted by Gasteiger charge is -2.42. The lowest BCUT2D eigenvalue weighted by Crippen LogP contribution is -2.48. The number of benzene rings is 2. The van der Waals surface area contributed by atoms with E-state index in [4.69, 9.17) is 9.47 Å². The molecule has 2 fully saturated rings. The van der Waals surface area contributed by atoms with Crippen LogP contribution in [0, 0.1) is 6.92 Å². The molecule has 0 amide bonds. The number of methoxy groups -OCH3 is 2. The number of rotatable bonds is 9. The molecule has 1 aliphatic carbocycles. The maximum absolute atomic E-state index is 13.1. The van der Waals surface area contributed by atoms with Gasteiger partial charge in [0, 0.05) is 67.6 Å². The molecule has 1 saturated carbocycles. The summed E-state index contributed by atoms with van der Waals surface area (Å²) < 4.78 is 51.2. The van der Waals surface area contributed by atoms with E-state index in [1.54, 1.807) is 19.2 Å². The molecular formula is C30H35F3N4O5. The van der Waals surface area contributed by atoms with Gasteiger partial charge in [-0.1, -0.05) is 6.07 Å². The van der Waals surface area contributed by atoms with Crippen molar-refractivity contribution in [1.82, 2.24) is 14.4 Å². The van der Waals surface area contributed by atoms with E-state index in [2.05, 4.69) is 10.2 Å². The summed E-state index contributed by atoms with van der Waals surface area (Å²) in [6.45, 7) is 3.36. The molecule has 5 rings (SSSR count). The molecule has 1 aliphatic heterocycles. The lowest BCUT2D eigenvalue weighted by molar-refractivity contribution is -0.139. The molecule has 42 heavy (non-hydrogen) atoms. The van der Waals surface area contributed by atoms with Crippen molar-refractivity contribution in [2.75, 3.05) is 45.7 Å². The molecule has 2 aliphatic rings. The molecule has 0 bridgehead atoms. The van der Waals surface area contributed by atoms with Crippen LogP contribution in [0.3, 0.4) is 0 Å². The minimum atomic E-state index is -4.26. The highest BCUT2D eigenvalue weighted by Gasteiger charge is 2.34. The van der Waals surface area contributed by atoms with Gasteiger partial charge in [-0.3, -0.25) is 14.4 Å². The topological polar surface area (TPSA) is 96.3 Å². The fraction of sp³-hybridized carbons (Fsp3) is 0.467. The number of alkyl halides is 3. The second-order valence-electron chi connectivity index (χ2n) is 11.0. The molecule has 9 nitrogen and oxygen atoms in total. The minimum Gasteiger partial charge on any atom is -0.496 e. The number of aromatic nitrogens is 1. The molecule has 226 valence electrons. The second kappa shape index (κ2) is 11.8. The minimum absolute atomic E-state index is 0.110. The van der Waals surface area contributed by atoms with Gasteiger partial charge in [-0.25, -0.2) is 9.59 Å². The van der Waals surface area contributed by atoms with E-state index < -0.39 is 24.7 Å². The number of hydrogen-bond acceptors (Lipinski definition) is 7. The van der Waals surface area contributed by atoms with Crippen LogP contribution in [-0.4, -0.2) is 84.2 Å². The molecular weight excluding hydrogens is 553 g/mol. The SMILES string of the molecule is COC(=O)c1ccc(C2CN(CCC(F)(F)F)CCN2Cc2c(OC)cc(C)c3c2ccn3C(=O)O)cc1NC1CC1. The summed E-state index contributed by atoms with van der Waals surface area (Å²) in [7, 11) is 2.89. The molecule has 3 aromatic rings. The van der Waals surface area contributed by atoms with Gasteiger partial charge in [0.15, 0.2) is 0 Å². The molecule has 1 saturated heterocycles. The molecule has 1 atom stereocenters. The van der Waals surface area contributed by atoms with E-state index in [0.717, 1.165) is 34.9 Å². The number of piperazine rings is 1. The highest BCUT2D eigenvalue weighted by atomic mass is 19.4. The number of carbonyl (C=O) groups is 2. The Bertz CT molecular complexity index is 1480. The maximum atomic E-state index is 13.1. The summed E-state index contributed by atoms with van der Waals surface area (Å²) in [6.07, 6.45) is -2.76. The average Bonchev–Trinajstić information content (AvgIpc) is 3.65. The first kappa shape index (κ1) is 29.7. The summed E-state index contributed by atoms with van der Waals surface area (Å²) in [5, 5.41) is 13.9. The number of hydrogen-bond donors (Lipinski definition) is 2. The zero-order valence-corrected chi connectivity index (χ0v) is 23.8. The van der Waals surface area contributed by atoms with E-state index >= 15 is 0 Å². The Balaban J connectivity index is 1.53. The Hall–Kier alpha value is -3.77. The van der Waals surface area contributed by atoms with Crippen LogP contribution in [0.2, 0.25) is 0 Å². The zero-order chi connectivity index (χ0) is 30.2. The van der Waals surface area contributed by atoms with E-state index in [0.29, 0.717) is 48.7 Å². The van der Waals surface area contributed by atoms with Gasteiger partial charge in [0.1, 0.15) is 5.75 Å². The van der Waals surface area contributed by atoms with Crippen LogP contribution < -0.4 is 10.1 Å². The Morgan fingerprint density at radius 3 is 2.52 bits per heavy atom. The standard InChI is InChI=1S/C30H35F3N4O5/c1-18-14-26(41-2)23(21-8-10-37(27(18)21)29(39)40)16-36-13-12-35(11-9-30(31,32)33)17-25(36)19-4-7-22(28(38)42-3)24(15-19)34-20-5-6-20/h4,7-8,10,14-15,20,25,34H,5-6,9,11-13,16-17H2,1-3H3,(H,39,40). The number of carboxylic acid groups (broad SMARTS) is 1. The molecule has 2 heterocycles. The van der Waals surface area contributed by atoms with Crippen molar-refractivity contribution < 1.29 is 37.3 Å². The third-order valence-corrected chi connectivity index (χ3v) is 8.07. The third kappa shape index (κ3) is 6.34. The van der Waals surface area contributed by atoms with Crippen molar-refractivity contribution in [1.29, 1.82) is 0 Å². The zero-order valence-electron chi connectivity index (χ0n) is 23.8. The predicted molar refractivity (Wildman–Crippen MR) is 151 cm³/mol. The summed E-state index contributed by atoms with van der Waals surface area (Å²) in [4.78, 5) is 28.4. The number of ether oxygens (including phenoxy) is 2. The fourth-order valence-corrected chi connectivity index (χ4v) is 5.77. The number of esters is 1. The largest absolute Gasteiger partial charge is 0.496 e. The van der Waals surface area contributed by atoms with Gasteiger partial charge in [-0.05, 0) is 55.2 Å². The van der Waals surface area contributed by atoms with Crippen molar-refractivity contribution in [3.05, 3.63) is 58.8 Å². The van der Waals surface area contributed by atoms with E-state index in [-0.39, 0.29) is 18.6 Å². The molecule has 2 N–H and O–H groups in total. The van der Waals surface area contributed by atoms with Crippen LogP contribution in [0.15, 0.2) is 36.5 Å². The van der Waals surface area contributed by atoms with Gasteiger partial charge >= 0.3 is 18.2 Å². The fourth-order valence-electron chi connectivity index (χ4n) is 5.77. The van der Waals surface area contributed by atoms with E-state index in [9.17, 15) is 27.9 Å². The third-order valence-electron chi connectivity index (χ3n) is 8.07. The molecule has 2 aromatic carbocycles. The van der Waals surface area contributed by atoms with Gasteiger partial charge in [0.2, 0.25) is 0 Å². The number of halogens is 3. The number of nitrogens with zero attached hydrogens (tertiary/aromatic N) is 3. The van der Waals surface area contributed by atoms with Crippen LogP contribution in [-0.2, 0) is 11.3 Å². The van der Waals surface area contributed by atoms with Gasteiger partial charge in [0.25, 0.3) is 0 Å². The molecule has 1 aromatic heterocycles. The van der Waals surface area contributed by atoms with Crippen molar-refractivity contribution >= 4 is 28.7 Å². The van der Waals surface area contributed by atoms with Crippen molar-refractivity contribution in [2.45, 2.75) is 51.0 Å². The average molecular weight is 589 g/mol. The van der Waals surface area contributed by atoms with Crippen LogP contribution in [0.4, 0.5) is 23.7 Å². The predicted octanol–water partition coefficient (Wildman–Crippen LogP) is 5.66. The summed E-state index contributed by atoms with van der Waals surface area (Å²) in [5.74, 6) is 0.144. The highest BCUT2D eigenvalue weighted by molar-refractivity contribution is 5.96. The number of aryl methyl sites for hydroxylation is 1. The first-order chi connectivity index (χ1) is 20.0. The second-order valence-corrected chi connectivity index (χ2v) is 11.0. The van der Waals surface area contributed by atoms with Crippen molar-refractivity contribution in [3.63, 3.8) is 0 Å².